The van der Waals surface area contributed by atoms with Crippen LogP contribution in [0, 0.1) is 0 Å². The maximum atomic E-state index is 2.63. The molecule has 0 amide bonds. The van der Waals surface area contributed by atoms with Crippen LogP contribution >= 0.6 is 0 Å². The number of benzene rings is 4. The zero-order valence-corrected chi connectivity index (χ0v) is 28.4. The van der Waals surface area contributed by atoms with Crippen LogP contribution in [0.1, 0.15) is 0 Å². The first-order valence-electron chi connectivity index (χ1n) is 10.5. The molecule has 6 heteroatoms. The molecule has 4 aromatic rings. The molecule has 0 nitrogen and oxygen atoms in total. The average Bonchev–Trinajstić information content (AvgIpc) is 2.89. The molecule has 0 N–H and O–H groups in total. The normalized spacial score (nSPS) is 10.5. The predicted molar refractivity (Wildman–Crippen MR) is 155 cm³/mol. The molecule has 0 atom stereocenters. The van der Waals surface area contributed by atoms with Gasteiger partial charge in [-0.3, -0.25) is 0 Å². The van der Waals surface area contributed by atoms with Gasteiger partial charge in [0.2, 0.25) is 0 Å². The number of hydrogen-bond donors (Lipinski definition) is 0. The van der Waals surface area contributed by atoms with Crippen LogP contribution in [-0.2, 0) is 0 Å². The molecule has 4 aromatic carbocycles. The molecule has 0 unspecified atom stereocenters. The third-order valence-electron chi connectivity index (χ3n) is 4.19. The van der Waals surface area contributed by atoms with Crippen LogP contribution in [0.15, 0.2) is 138 Å². The van der Waals surface area contributed by atoms with E-state index in [-0.39, 0.29) is 0 Å². The summed E-state index contributed by atoms with van der Waals surface area (Å²) in [7, 11) is 0. The predicted octanol–water partition coefficient (Wildman–Crippen LogP) is 2.03. The Bertz CT molecular complexity index is 993. The molecule has 0 saturated heterocycles. The molecule has 0 radical (unpaired) electrons. The minimum atomic E-state index is 0.420. The van der Waals surface area contributed by atoms with Gasteiger partial charge in [-0.2, -0.15) is 0 Å². The first-order valence-corrected chi connectivity index (χ1v) is 23.7. The van der Waals surface area contributed by atoms with Crippen molar-refractivity contribution in [1.29, 1.82) is 0 Å². The van der Waals surface area contributed by atoms with Gasteiger partial charge in [-0.25, -0.2) is 0 Å². The first-order chi connectivity index (χ1) is 16.8. The SMILES string of the molecule is C([Se][Se]C=C([Se]c1ccccc1)[Se]c1ccccc1)=C([Se]c1ccccc1)[Se]c1ccccc1. The van der Waals surface area contributed by atoms with E-state index >= 15 is 0 Å². The number of rotatable bonds is 11. The Morgan fingerprint density at radius 2 is 0.588 bits per heavy atom. The zero-order chi connectivity index (χ0) is 23.3. The van der Waals surface area contributed by atoms with Gasteiger partial charge < -0.3 is 0 Å². The first kappa shape index (κ1) is 26.5. The molecule has 0 aliphatic rings. The van der Waals surface area contributed by atoms with E-state index in [0.717, 1.165) is 0 Å². The van der Waals surface area contributed by atoms with E-state index in [1.807, 2.05) is 0 Å². The van der Waals surface area contributed by atoms with Crippen LogP contribution in [0.25, 0.3) is 0 Å². The summed E-state index contributed by atoms with van der Waals surface area (Å²) in [5.74, 6) is 0. The van der Waals surface area contributed by atoms with Crippen molar-refractivity contribution in [3.63, 3.8) is 0 Å². The summed E-state index contributed by atoms with van der Waals surface area (Å²) in [5, 5.41) is 0. The Balaban J connectivity index is 1.46. The van der Waals surface area contributed by atoms with Crippen molar-refractivity contribution in [2.24, 2.45) is 0 Å². The Hall–Kier alpha value is -0.523. The van der Waals surface area contributed by atoms with E-state index in [2.05, 4.69) is 131 Å². The van der Waals surface area contributed by atoms with Crippen molar-refractivity contribution < 1.29 is 0 Å². The summed E-state index contributed by atoms with van der Waals surface area (Å²) < 4.78 is 9.29. The quantitative estimate of drug-likeness (QED) is 0.161. The molecular formula is C28H22Se6. The van der Waals surface area contributed by atoms with E-state index in [1.165, 1.54) is 17.8 Å². The molecule has 170 valence electrons. The summed E-state index contributed by atoms with van der Waals surface area (Å²) in [4.78, 5) is 5.26. The standard InChI is InChI=1S/C28H22Se6/c1-5-13-23(14-6-1)31-27(32-24-15-7-2-8-16-24)21-29-30-22-28(33-25-17-9-3-10-18-25)34-26-19-11-4-12-20-26/h1-22H. The van der Waals surface area contributed by atoms with Crippen molar-refractivity contribution in [1.82, 2.24) is 0 Å². The molecule has 4 rings (SSSR count). The van der Waals surface area contributed by atoms with Gasteiger partial charge in [0.25, 0.3) is 0 Å². The Morgan fingerprint density at radius 3 is 0.824 bits per heavy atom. The molecule has 0 aliphatic carbocycles. The van der Waals surface area contributed by atoms with Crippen molar-refractivity contribution in [3.05, 3.63) is 138 Å². The Morgan fingerprint density at radius 1 is 0.353 bits per heavy atom. The fourth-order valence-corrected chi connectivity index (χ4v) is 27.3. The van der Waals surface area contributed by atoms with Gasteiger partial charge in [0, 0.05) is 0 Å². The van der Waals surface area contributed by atoms with Crippen LogP contribution in [0.3, 0.4) is 0 Å². The summed E-state index contributed by atoms with van der Waals surface area (Å²) in [6.07, 6.45) is 0. The van der Waals surface area contributed by atoms with Gasteiger partial charge in [-0.1, -0.05) is 0 Å². The number of hydrogen-bond acceptors (Lipinski definition) is 0. The summed E-state index contributed by atoms with van der Waals surface area (Å²) >= 11 is 2.79. The van der Waals surface area contributed by atoms with Gasteiger partial charge in [-0.15, -0.1) is 0 Å². The summed E-state index contributed by atoms with van der Waals surface area (Å²) in [5.41, 5.74) is 0. The Labute approximate surface area is 239 Å². The topological polar surface area (TPSA) is 0 Å². The molecule has 0 saturated carbocycles. The van der Waals surface area contributed by atoms with Gasteiger partial charge in [0.1, 0.15) is 0 Å². The van der Waals surface area contributed by atoms with E-state index in [0.29, 0.717) is 86.1 Å². The second kappa shape index (κ2) is 15.6. The Kier molecular flexibility index (Phi) is 12.1. The third-order valence-corrected chi connectivity index (χ3v) is 22.7. The van der Waals surface area contributed by atoms with Crippen LogP contribution in [0.5, 0.6) is 0 Å². The second-order valence-electron chi connectivity index (χ2n) is 6.73. The molecule has 0 heterocycles. The molecule has 34 heavy (non-hydrogen) atoms. The van der Waals surface area contributed by atoms with Crippen molar-refractivity contribution in [3.8, 4) is 0 Å². The van der Waals surface area contributed by atoms with E-state index in [4.69, 9.17) is 0 Å². The molecule has 0 spiro atoms. The van der Waals surface area contributed by atoms with Crippen molar-refractivity contribution in [2.45, 2.75) is 0 Å². The van der Waals surface area contributed by atoms with Crippen molar-refractivity contribution >= 4 is 104 Å². The van der Waals surface area contributed by atoms with Gasteiger partial charge in [-0.05, 0) is 0 Å². The summed E-state index contributed by atoms with van der Waals surface area (Å²) in [6, 6.07) is 44.2. The van der Waals surface area contributed by atoms with Crippen LogP contribution in [0.4, 0.5) is 0 Å². The molecular weight excluding hydrogens is 810 g/mol. The molecule has 0 fully saturated rings. The fourth-order valence-electron chi connectivity index (χ4n) is 2.69. The zero-order valence-electron chi connectivity index (χ0n) is 18.2. The molecule has 0 aliphatic heterocycles. The summed E-state index contributed by atoms with van der Waals surface area (Å²) in [6.45, 7) is 0. The fraction of sp³-hybridized carbons (Fsp3) is 0. The van der Waals surface area contributed by atoms with E-state index in [1.54, 1.807) is 6.74 Å². The van der Waals surface area contributed by atoms with E-state index in [9.17, 15) is 0 Å². The maximum absolute atomic E-state index is 2.63. The average molecular weight is 832 g/mol. The van der Waals surface area contributed by atoms with E-state index < -0.39 is 0 Å². The minimum absolute atomic E-state index is 0.420. The van der Waals surface area contributed by atoms with Crippen LogP contribution < -0.4 is 17.8 Å². The van der Waals surface area contributed by atoms with Crippen LogP contribution in [0.2, 0.25) is 0 Å². The van der Waals surface area contributed by atoms with Gasteiger partial charge in [0.05, 0.1) is 0 Å². The van der Waals surface area contributed by atoms with Crippen molar-refractivity contribution in [2.75, 3.05) is 0 Å². The monoisotopic (exact) mass is 838 g/mol. The molecule has 0 aromatic heterocycles. The second-order valence-corrected chi connectivity index (χ2v) is 24.7. The van der Waals surface area contributed by atoms with Gasteiger partial charge >= 0.3 is 242 Å². The third kappa shape index (κ3) is 9.85. The molecule has 0 bridgehead atoms. The van der Waals surface area contributed by atoms with Gasteiger partial charge in [0.15, 0.2) is 0 Å². The van der Waals surface area contributed by atoms with Crippen LogP contribution in [-0.4, -0.2) is 86.1 Å².